The number of nitriles is 1. The van der Waals surface area contributed by atoms with Gasteiger partial charge < -0.3 is 20.9 Å². The van der Waals surface area contributed by atoms with E-state index < -0.39 is 5.91 Å². The Labute approximate surface area is 216 Å². The molecular formula is C28H31FN6O2. The third kappa shape index (κ3) is 8.40. The summed E-state index contributed by atoms with van der Waals surface area (Å²) in [5.74, 6) is -0.735. The Bertz CT molecular complexity index is 1270. The third-order valence-electron chi connectivity index (χ3n) is 5.57. The lowest BCUT2D eigenvalue weighted by atomic mass is 10.0. The van der Waals surface area contributed by atoms with Crippen LogP contribution in [0.1, 0.15) is 27.9 Å². The predicted octanol–water partition coefficient (Wildman–Crippen LogP) is 3.21. The zero-order valence-corrected chi connectivity index (χ0v) is 21.1. The summed E-state index contributed by atoms with van der Waals surface area (Å²) in [4.78, 5) is 31.8. The molecule has 37 heavy (non-hydrogen) atoms. The van der Waals surface area contributed by atoms with Crippen molar-refractivity contribution in [3.63, 3.8) is 0 Å². The zero-order chi connectivity index (χ0) is 26.6. The van der Waals surface area contributed by atoms with Crippen LogP contribution in [0.2, 0.25) is 0 Å². The van der Waals surface area contributed by atoms with Crippen LogP contribution in [-0.2, 0) is 11.2 Å². The highest BCUT2D eigenvalue weighted by molar-refractivity contribution is 6.00. The summed E-state index contributed by atoms with van der Waals surface area (Å²) >= 11 is 0. The highest BCUT2D eigenvalue weighted by Crippen LogP contribution is 2.25. The largest absolute Gasteiger partial charge is 0.369 e. The van der Waals surface area contributed by atoms with Gasteiger partial charge in [-0.05, 0) is 69.4 Å². The van der Waals surface area contributed by atoms with Crippen molar-refractivity contribution in [2.75, 3.05) is 45.6 Å². The summed E-state index contributed by atoms with van der Waals surface area (Å²) in [5, 5.41) is 18.1. The number of carbonyl (C=O) groups is 2. The maximum atomic E-state index is 13.5. The van der Waals surface area contributed by atoms with E-state index >= 15 is 0 Å². The van der Waals surface area contributed by atoms with E-state index in [-0.39, 0.29) is 23.8 Å². The smallest absolute Gasteiger partial charge is 0.255 e. The molecule has 192 valence electrons. The van der Waals surface area contributed by atoms with Gasteiger partial charge in [-0.25, -0.2) is 9.37 Å². The number of rotatable bonds is 12. The van der Waals surface area contributed by atoms with Crippen molar-refractivity contribution < 1.29 is 14.0 Å². The molecule has 9 heteroatoms. The van der Waals surface area contributed by atoms with E-state index in [0.29, 0.717) is 42.1 Å². The average Bonchev–Trinajstić information content (AvgIpc) is 2.89. The van der Waals surface area contributed by atoms with Crippen LogP contribution in [-0.4, -0.2) is 62.0 Å². The Morgan fingerprint density at radius 1 is 1.03 bits per heavy atom. The minimum Gasteiger partial charge on any atom is -0.369 e. The van der Waals surface area contributed by atoms with Gasteiger partial charge >= 0.3 is 0 Å². The van der Waals surface area contributed by atoms with Crippen molar-refractivity contribution >= 4 is 17.6 Å². The minimum absolute atomic E-state index is 0.164. The number of hydrogen-bond acceptors (Lipinski definition) is 6. The van der Waals surface area contributed by atoms with Gasteiger partial charge in [0.2, 0.25) is 5.91 Å². The first-order chi connectivity index (χ1) is 17.9. The molecule has 1 heterocycles. The molecule has 0 aliphatic carbocycles. The second kappa shape index (κ2) is 13.7. The standard InChI is InChI=1S/C28H31FN6O2/c1-35(2)16-6-14-31-26(36)19-33-28(37)24-11-12-25(23-10-4-3-8-21(23)18-30)34-27(24)32-15-13-20-7-5-9-22(29)17-20/h3-5,7-12,17H,6,13-16,19H2,1-2H3,(H,31,36)(H,32,34)(H,33,37). The number of halogens is 1. The fraction of sp³-hybridized carbons (Fsp3) is 0.286. The topological polar surface area (TPSA) is 110 Å². The van der Waals surface area contributed by atoms with Gasteiger partial charge in [-0.2, -0.15) is 5.26 Å². The van der Waals surface area contributed by atoms with Crippen LogP contribution in [0.3, 0.4) is 0 Å². The minimum atomic E-state index is -0.454. The highest BCUT2D eigenvalue weighted by Gasteiger charge is 2.16. The van der Waals surface area contributed by atoms with Gasteiger partial charge in [0.25, 0.3) is 5.91 Å². The Morgan fingerprint density at radius 2 is 1.84 bits per heavy atom. The maximum Gasteiger partial charge on any atom is 0.255 e. The molecule has 3 aromatic rings. The zero-order valence-electron chi connectivity index (χ0n) is 21.1. The van der Waals surface area contributed by atoms with E-state index in [9.17, 15) is 19.2 Å². The van der Waals surface area contributed by atoms with Crippen molar-refractivity contribution in [3.05, 3.63) is 83.2 Å². The predicted molar refractivity (Wildman–Crippen MR) is 141 cm³/mol. The summed E-state index contributed by atoms with van der Waals surface area (Å²) in [6.45, 7) is 1.60. The van der Waals surface area contributed by atoms with Gasteiger partial charge in [-0.15, -0.1) is 0 Å². The maximum absolute atomic E-state index is 13.5. The number of pyridine rings is 1. The Kier molecular flexibility index (Phi) is 10.1. The van der Waals surface area contributed by atoms with Gasteiger partial charge in [0.05, 0.1) is 29.4 Å². The van der Waals surface area contributed by atoms with Gasteiger partial charge in [-0.1, -0.05) is 30.3 Å². The number of anilines is 1. The molecule has 0 fully saturated rings. The van der Waals surface area contributed by atoms with Crippen molar-refractivity contribution in [2.45, 2.75) is 12.8 Å². The van der Waals surface area contributed by atoms with E-state index in [1.165, 1.54) is 12.1 Å². The molecule has 0 saturated carbocycles. The van der Waals surface area contributed by atoms with E-state index in [1.807, 2.05) is 31.1 Å². The lowest BCUT2D eigenvalue weighted by Crippen LogP contribution is -2.38. The molecule has 0 bridgehead atoms. The molecule has 2 aromatic carbocycles. The molecule has 1 aromatic heterocycles. The van der Waals surface area contributed by atoms with Gasteiger partial charge in [0, 0.05) is 18.7 Å². The molecule has 0 saturated heterocycles. The number of hydrogen-bond donors (Lipinski definition) is 3. The number of carbonyl (C=O) groups excluding carboxylic acids is 2. The summed E-state index contributed by atoms with van der Waals surface area (Å²) < 4.78 is 13.5. The van der Waals surface area contributed by atoms with Crippen LogP contribution in [0.4, 0.5) is 10.2 Å². The number of amides is 2. The monoisotopic (exact) mass is 502 g/mol. The number of nitrogens with one attached hydrogen (secondary N) is 3. The summed E-state index contributed by atoms with van der Waals surface area (Å²) in [5.41, 5.74) is 2.69. The molecule has 0 aliphatic rings. The molecule has 8 nitrogen and oxygen atoms in total. The highest BCUT2D eigenvalue weighted by atomic mass is 19.1. The van der Waals surface area contributed by atoms with Crippen LogP contribution < -0.4 is 16.0 Å². The summed E-state index contributed by atoms with van der Waals surface area (Å²) in [6, 6.07) is 18.8. The fourth-order valence-electron chi connectivity index (χ4n) is 3.69. The summed E-state index contributed by atoms with van der Waals surface area (Å²) in [6.07, 6.45) is 1.32. The first-order valence-corrected chi connectivity index (χ1v) is 12.1. The number of benzene rings is 2. The number of aromatic nitrogens is 1. The molecular weight excluding hydrogens is 471 g/mol. The quantitative estimate of drug-likeness (QED) is 0.328. The molecule has 0 atom stereocenters. The van der Waals surface area contributed by atoms with Crippen molar-refractivity contribution in [3.8, 4) is 17.3 Å². The summed E-state index contributed by atoms with van der Waals surface area (Å²) in [7, 11) is 3.92. The van der Waals surface area contributed by atoms with E-state index in [1.54, 1.807) is 36.4 Å². The number of nitrogens with zero attached hydrogens (tertiary/aromatic N) is 3. The first-order valence-electron chi connectivity index (χ1n) is 12.1. The average molecular weight is 503 g/mol. The molecule has 0 radical (unpaired) electrons. The Morgan fingerprint density at radius 3 is 2.59 bits per heavy atom. The normalized spacial score (nSPS) is 10.6. The van der Waals surface area contributed by atoms with Gasteiger partial charge in [-0.3, -0.25) is 9.59 Å². The van der Waals surface area contributed by atoms with Crippen LogP contribution in [0.25, 0.3) is 11.3 Å². The van der Waals surface area contributed by atoms with E-state index in [0.717, 1.165) is 18.5 Å². The lowest BCUT2D eigenvalue weighted by Gasteiger charge is -2.14. The van der Waals surface area contributed by atoms with Gasteiger partial charge in [0.1, 0.15) is 11.6 Å². The molecule has 3 rings (SSSR count). The third-order valence-corrected chi connectivity index (χ3v) is 5.57. The van der Waals surface area contributed by atoms with E-state index in [4.69, 9.17) is 0 Å². The van der Waals surface area contributed by atoms with Crippen LogP contribution >= 0.6 is 0 Å². The first kappa shape index (κ1) is 27.3. The second-order valence-corrected chi connectivity index (χ2v) is 8.75. The van der Waals surface area contributed by atoms with E-state index in [2.05, 4.69) is 27.0 Å². The van der Waals surface area contributed by atoms with Crippen LogP contribution in [0, 0.1) is 17.1 Å². The Balaban J connectivity index is 1.73. The SMILES string of the molecule is CN(C)CCCNC(=O)CNC(=O)c1ccc(-c2ccccc2C#N)nc1NCCc1cccc(F)c1. The fourth-order valence-corrected chi connectivity index (χ4v) is 3.69. The van der Waals surface area contributed by atoms with Crippen LogP contribution in [0.5, 0.6) is 0 Å². The lowest BCUT2D eigenvalue weighted by molar-refractivity contribution is -0.120. The molecule has 0 unspecified atom stereocenters. The Hall–Kier alpha value is -4.29. The van der Waals surface area contributed by atoms with Gasteiger partial charge in [0.15, 0.2) is 0 Å². The molecule has 0 aliphatic heterocycles. The van der Waals surface area contributed by atoms with Crippen molar-refractivity contribution in [1.29, 1.82) is 5.26 Å². The molecule has 3 N–H and O–H groups in total. The second-order valence-electron chi connectivity index (χ2n) is 8.75. The molecule has 0 spiro atoms. The molecule has 2 amide bonds. The van der Waals surface area contributed by atoms with Crippen molar-refractivity contribution in [1.82, 2.24) is 20.5 Å². The van der Waals surface area contributed by atoms with Crippen LogP contribution in [0.15, 0.2) is 60.7 Å². The van der Waals surface area contributed by atoms with Crippen molar-refractivity contribution in [2.24, 2.45) is 0 Å².